The van der Waals surface area contributed by atoms with Gasteiger partial charge < -0.3 is 19.9 Å². The maximum atomic E-state index is 10.9. The molecule has 3 rings (SSSR count). The van der Waals surface area contributed by atoms with Crippen molar-refractivity contribution in [2.45, 2.75) is 0 Å². The summed E-state index contributed by atoms with van der Waals surface area (Å²) in [6.07, 6.45) is 1.45. The molecule has 1 aliphatic heterocycles. The Morgan fingerprint density at radius 3 is 2.65 bits per heavy atom. The lowest BCUT2D eigenvalue weighted by Gasteiger charge is -2.19. The number of aromatic nitrogens is 1. The molecule has 0 atom stereocenters. The molecule has 0 bridgehead atoms. The van der Waals surface area contributed by atoms with Crippen LogP contribution in [0.25, 0.3) is 0 Å². The van der Waals surface area contributed by atoms with Crippen LogP contribution >= 0.6 is 0 Å². The van der Waals surface area contributed by atoms with Gasteiger partial charge in [0.25, 0.3) is 0 Å². The number of anilines is 2. The average molecular weight is 272 g/mol. The number of hydrogen-bond acceptors (Lipinski definition) is 5. The average Bonchev–Trinajstić information content (AvgIpc) is 2.47. The molecular formula is C14H12N2O4. The highest BCUT2D eigenvalue weighted by atomic mass is 16.6. The molecule has 1 aromatic heterocycles. The molecule has 0 fully saturated rings. The van der Waals surface area contributed by atoms with Crippen molar-refractivity contribution in [3.63, 3.8) is 0 Å². The van der Waals surface area contributed by atoms with E-state index in [9.17, 15) is 4.79 Å². The van der Waals surface area contributed by atoms with E-state index in [4.69, 9.17) is 14.6 Å². The van der Waals surface area contributed by atoms with Gasteiger partial charge >= 0.3 is 5.97 Å². The van der Waals surface area contributed by atoms with Gasteiger partial charge in [-0.2, -0.15) is 0 Å². The zero-order valence-corrected chi connectivity index (χ0v) is 10.5. The third kappa shape index (κ3) is 2.49. The number of nitrogens with zero attached hydrogens (tertiary/aromatic N) is 1. The second-order valence-corrected chi connectivity index (χ2v) is 4.22. The molecule has 0 radical (unpaired) electrons. The monoisotopic (exact) mass is 272 g/mol. The van der Waals surface area contributed by atoms with Crippen LogP contribution in [0.5, 0.6) is 11.5 Å². The van der Waals surface area contributed by atoms with Crippen molar-refractivity contribution < 1.29 is 19.4 Å². The predicted octanol–water partition coefficient (Wildman–Crippen LogP) is 2.29. The van der Waals surface area contributed by atoms with Gasteiger partial charge in [0.05, 0.1) is 0 Å². The van der Waals surface area contributed by atoms with Crippen molar-refractivity contribution in [1.82, 2.24) is 4.98 Å². The van der Waals surface area contributed by atoms with Gasteiger partial charge in [-0.3, -0.25) is 0 Å². The van der Waals surface area contributed by atoms with E-state index >= 15 is 0 Å². The van der Waals surface area contributed by atoms with Gasteiger partial charge in [-0.1, -0.05) is 0 Å². The van der Waals surface area contributed by atoms with E-state index in [1.54, 1.807) is 6.07 Å². The van der Waals surface area contributed by atoms with Gasteiger partial charge in [0.2, 0.25) is 0 Å². The minimum absolute atomic E-state index is 0.00690. The number of hydrogen-bond donors (Lipinski definition) is 2. The SMILES string of the molecule is O=C(O)c1cc(Nc2ccc3c(c2)OCCO3)ccn1. The lowest BCUT2D eigenvalue weighted by molar-refractivity contribution is 0.0690. The molecule has 0 aliphatic carbocycles. The van der Waals surface area contributed by atoms with E-state index in [2.05, 4.69) is 10.3 Å². The highest BCUT2D eigenvalue weighted by molar-refractivity contribution is 5.86. The second kappa shape index (κ2) is 5.08. The van der Waals surface area contributed by atoms with E-state index in [0.29, 0.717) is 30.4 Å². The van der Waals surface area contributed by atoms with Crippen LogP contribution in [0.2, 0.25) is 0 Å². The Kier molecular flexibility index (Phi) is 3.12. The number of benzene rings is 1. The molecule has 1 aromatic carbocycles. The van der Waals surface area contributed by atoms with Gasteiger partial charge in [-0.05, 0) is 24.3 Å². The fourth-order valence-electron chi connectivity index (χ4n) is 1.91. The fourth-order valence-corrected chi connectivity index (χ4v) is 1.91. The highest BCUT2D eigenvalue weighted by Gasteiger charge is 2.12. The molecule has 102 valence electrons. The quantitative estimate of drug-likeness (QED) is 0.892. The molecule has 0 saturated carbocycles. The summed E-state index contributed by atoms with van der Waals surface area (Å²) in [5, 5.41) is 12.0. The van der Waals surface area contributed by atoms with Crippen LogP contribution in [0.1, 0.15) is 10.5 Å². The van der Waals surface area contributed by atoms with Crippen molar-refractivity contribution in [3.05, 3.63) is 42.2 Å². The maximum Gasteiger partial charge on any atom is 0.354 e. The number of carbonyl (C=O) groups is 1. The van der Waals surface area contributed by atoms with Crippen LogP contribution < -0.4 is 14.8 Å². The second-order valence-electron chi connectivity index (χ2n) is 4.22. The number of nitrogens with one attached hydrogen (secondary N) is 1. The lowest BCUT2D eigenvalue weighted by Crippen LogP contribution is -2.15. The van der Waals surface area contributed by atoms with Gasteiger partial charge in [0.1, 0.15) is 18.9 Å². The Balaban J connectivity index is 1.84. The fraction of sp³-hybridized carbons (Fsp3) is 0.143. The number of ether oxygens (including phenoxy) is 2. The smallest absolute Gasteiger partial charge is 0.354 e. The van der Waals surface area contributed by atoms with Crippen LogP contribution in [0.15, 0.2) is 36.5 Å². The Hall–Kier alpha value is -2.76. The maximum absolute atomic E-state index is 10.9. The molecule has 0 spiro atoms. The van der Waals surface area contributed by atoms with Crippen LogP contribution in [-0.4, -0.2) is 29.3 Å². The normalized spacial score (nSPS) is 12.8. The molecule has 2 aromatic rings. The molecular weight excluding hydrogens is 260 g/mol. The van der Waals surface area contributed by atoms with E-state index in [0.717, 1.165) is 5.69 Å². The first-order valence-electron chi connectivity index (χ1n) is 6.08. The standard InChI is InChI=1S/C14H12N2O4/c17-14(18)11-7-10(3-4-15-11)16-9-1-2-12-13(8-9)20-6-5-19-12/h1-4,7-8H,5-6H2,(H,15,16)(H,17,18). The summed E-state index contributed by atoms with van der Waals surface area (Å²) in [7, 11) is 0. The van der Waals surface area contributed by atoms with Crippen LogP contribution in [0.4, 0.5) is 11.4 Å². The molecule has 20 heavy (non-hydrogen) atoms. The summed E-state index contributed by atoms with van der Waals surface area (Å²) in [6, 6.07) is 8.64. The highest BCUT2D eigenvalue weighted by Crippen LogP contribution is 2.33. The zero-order valence-electron chi connectivity index (χ0n) is 10.5. The number of rotatable bonds is 3. The lowest BCUT2D eigenvalue weighted by atomic mass is 10.2. The first-order chi connectivity index (χ1) is 9.72. The third-order valence-electron chi connectivity index (χ3n) is 2.81. The van der Waals surface area contributed by atoms with Crippen molar-refractivity contribution in [1.29, 1.82) is 0 Å². The number of aromatic carboxylic acids is 1. The summed E-state index contributed by atoms with van der Waals surface area (Å²) in [4.78, 5) is 14.6. The predicted molar refractivity (Wildman–Crippen MR) is 71.9 cm³/mol. The van der Waals surface area contributed by atoms with E-state index in [-0.39, 0.29) is 5.69 Å². The molecule has 6 nitrogen and oxygen atoms in total. The van der Waals surface area contributed by atoms with Gasteiger partial charge in [0.15, 0.2) is 11.5 Å². The zero-order chi connectivity index (χ0) is 13.9. The molecule has 1 aliphatic rings. The summed E-state index contributed by atoms with van der Waals surface area (Å²) in [5.41, 5.74) is 1.43. The van der Waals surface area contributed by atoms with E-state index < -0.39 is 5.97 Å². The number of carboxylic acid groups (broad SMARTS) is 1. The number of carboxylic acids is 1. The van der Waals surface area contributed by atoms with Crippen LogP contribution in [0, 0.1) is 0 Å². The first kappa shape index (κ1) is 12.3. The van der Waals surface area contributed by atoms with Crippen molar-refractivity contribution in [2.24, 2.45) is 0 Å². The van der Waals surface area contributed by atoms with Crippen LogP contribution in [0.3, 0.4) is 0 Å². The minimum atomic E-state index is -1.06. The molecule has 2 N–H and O–H groups in total. The third-order valence-corrected chi connectivity index (χ3v) is 2.81. The summed E-state index contributed by atoms with van der Waals surface area (Å²) in [6.45, 7) is 1.07. The van der Waals surface area contributed by atoms with E-state index in [1.807, 2.05) is 18.2 Å². The van der Waals surface area contributed by atoms with Gasteiger partial charge in [0, 0.05) is 23.6 Å². The van der Waals surface area contributed by atoms with Crippen molar-refractivity contribution in [2.75, 3.05) is 18.5 Å². The van der Waals surface area contributed by atoms with Gasteiger partial charge in [-0.25, -0.2) is 9.78 Å². The topological polar surface area (TPSA) is 80.7 Å². The van der Waals surface area contributed by atoms with Crippen molar-refractivity contribution >= 4 is 17.3 Å². The van der Waals surface area contributed by atoms with Gasteiger partial charge in [-0.15, -0.1) is 0 Å². The summed E-state index contributed by atoms with van der Waals surface area (Å²) < 4.78 is 10.9. The Labute approximate surface area is 115 Å². The first-order valence-corrected chi connectivity index (χ1v) is 6.08. The van der Waals surface area contributed by atoms with Crippen LogP contribution in [-0.2, 0) is 0 Å². The molecule has 6 heteroatoms. The minimum Gasteiger partial charge on any atom is -0.486 e. The van der Waals surface area contributed by atoms with E-state index in [1.165, 1.54) is 12.3 Å². The largest absolute Gasteiger partial charge is 0.486 e. The van der Waals surface area contributed by atoms with Crippen molar-refractivity contribution in [3.8, 4) is 11.5 Å². The molecule has 0 saturated heterocycles. The summed E-state index contributed by atoms with van der Waals surface area (Å²) >= 11 is 0. The Morgan fingerprint density at radius 1 is 1.10 bits per heavy atom. The number of pyridine rings is 1. The Bertz CT molecular complexity index is 657. The molecule has 0 unspecified atom stereocenters. The number of fused-ring (bicyclic) bond motifs is 1. The molecule has 2 heterocycles. The summed E-state index contributed by atoms with van der Waals surface area (Å²) in [5.74, 6) is 0.326. The molecule has 0 amide bonds. The Morgan fingerprint density at radius 2 is 1.85 bits per heavy atom.